The Bertz CT molecular complexity index is 819. The van der Waals surface area contributed by atoms with Crippen molar-refractivity contribution in [2.45, 2.75) is 11.8 Å². The topological polar surface area (TPSA) is 83.6 Å². The van der Waals surface area contributed by atoms with E-state index >= 15 is 0 Å². The predicted octanol–water partition coefficient (Wildman–Crippen LogP) is 1.93. The number of sulfonamides is 1. The lowest BCUT2D eigenvalue weighted by atomic mass is 10.2. The molecule has 0 saturated carbocycles. The van der Waals surface area contributed by atoms with Gasteiger partial charge in [0.05, 0.1) is 30.0 Å². The first-order valence-corrected chi connectivity index (χ1v) is 10.1. The van der Waals surface area contributed by atoms with Crippen molar-refractivity contribution in [1.82, 2.24) is 9.88 Å². The van der Waals surface area contributed by atoms with Crippen molar-refractivity contribution in [3.05, 3.63) is 48.2 Å². The third kappa shape index (κ3) is 4.94. The van der Waals surface area contributed by atoms with Crippen LogP contribution in [0.25, 0.3) is 0 Å². The molecular formula is C18H24N4O3S. The molecule has 2 heterocycles. The quantitative estimate of drug-likeness (QED) is 0.768. The van der Waals surface area contributed by atoms with Gasteiger partial charge in [0.15, 0.2) is 0 Å². The molecule has 1 aromatic carbocycles. The number of pyridine rings is 1. The van der Waals surface area contributed by atoms with Gasteiger partial charge in [-0.2, -0.15) is 0 Å². The number of rotatable bonds is 7. The number of benzene rings is 1. The fourth-order valence-electron chi connectivity index (χ4n) is 2.79. The van der Waals surface area contributed by atoms with Gasteiger partial charge in [0.25, 0.3) is 10.0 Å². The Balaban J connectivity index is 1.55. The van der Waals surface area contributed by atoms with Crippen molar-refractivity contribution in [3.63, 3.8) is 0 Å². The Kier molecular flexibility index (Phi) is 6.08. The van der Waals surface area contributed by atoms with Gasteiger partial charge in [0, 0.05) is 26.2 Å². The number of hydrogen-bond acceptors (Lipinski definition) is 6. The van der Waals surface area contributed by atoms with E-state index in [-0.39, 0.29) is 4.90 Å². The fourth-order valence-corrected chi connectivity index (χ4v) is 4.08. The second-order valence-corrected chi connectivity index (χ2v) is 7.83. The SMILES string of the molecule is Cc1ccccc1S(=O)(=O)Nc1ccc(NCCN2CCOCC2)nc1. The molecule has 8 heteroatoms. The molecule has 140 valence electrons. The minimum absolute atomic E-state index is 0.271. The summed E-state index contributed by atoms with van der Waals surface area (Å²) in [5.74, 6) is 0.720. The van der Waals surface area contributed by atoms with Crippen molar-refractivity contribution in [2.24, 2.45) is 0 Å². The zero-order valence-corrected chi connectivity index (χ0v) is 15.6. The molecule has 1 aliphatic heterocycles. The maximum atomic E-state index is 12.5. The Labute approximate surface area is 154 Å². The molecule has 1 fully saturated rings. The number of nitrogens with one attached hydrogen (secondary N) is 2. The van der Waals surface area contributed by atoms with Gasteiger partial charge in [0.1, 0.15) is 5.82 Å². The molecule has 0 bridgehead atoms. The largest absolute Gasteiger partial charge is 0.379 e. The van der Waals surface area contributed by atoms with Gasteiger partial charge < -0.3 is 10.1 Å². The molecule has 0 radical (unpaired) electrons. The van der Waals surface area contributed by atoms with Crippen LogP contribution >= 0.6 is 0 Å². The summed E-state index contributed by atoms with van der Waals surface area (Å²) in [6.45, 7) is 6.95. The Morgan fingerprint density at radius 1 is 1.15 bits per heavy atom. The highest BCUT2D eigenvalue weighted by atomic mass is 32.2. The number of ether oxygens (including phenoxy) is 1. The van der Waals surface area contributed by atoms with Crippen LogP contribution in [-0.2, 0) is 14.8 Å². The minimum Gasteiger partial charge on any atom is -0.379 e. The lowest BCUT2D eigenvalue weighted by molar-refractivity contribution is 0.0398. The Morgan fingerprint density at radius 2 is 1.92 bits per heavy atom. The van der Waals surface area contributed by atoms with Crippen LogP contribution in [0.2, 0.25) is 0 Å². The summed E-state index contributed by atoms with van der Waals surface area (Å²) in [5, 5.41) is 3.25. The van der Waals surface area contributed by atoms with Crippen molar-refractivity contribution in [1.29, 1.82) is 0 Å². The minimum atomic E-state index is -3.62. The summed E-state index contributed by atoms with van der Waals surface area (Å²) in [4.78, 5) is 6.89. The molecular weight excluding hydrogens is 352 g/mol. The van der Waals surface area contributed by atoms with Gasteiger partial charge in [-0.25, -0.2) is 13.4 Å². The average Bonchev–Trinajstić information content (AvgIpc) is 2.64. The molecule has 3 rings (SSSR count). The zero-order chi connectivity index (χ0) is 18.4. The van der Waals surface area contributed by atoms with E-state index in [0.29, 0.717) is 11.3 Å². The number of morpholine rings is 1. The van der Waals surface area contributed by atoms with Gasteiger partial charge in [-0.15, -0.1) is 0 Å². The van der Waals surface area contributed by atoms with Crippen molar-refractivity contribution in [3.8, 4) is 0 Å². The first-order valence-electron chi connectivity index (χ1n) is 8.63. The maximum absolute atomic E-state index is 12.5. The van der Waals surface area contributed by atoms with Crippen molar-refractivity contribution < 1.29 is 13.2 Å². The first kappa shape index (κ1) is 18.6. The number of anilines is 2. The lowest BCUT2D eigenvalue weighted by Crippen LogP contribution is -2.39. The fraction of sp³-hybridized carbons (Fsp3) is 0.389. The molecule has 2 N–H and O–H groups in total. The summed E-state index contributed by atoms with van der Waals surface area (Å²) in [5.41, 5.74) is 1.14. The van der Waals surface area contributed by atoms with E-state index in [0.717, 1.165) is 45.2 Å². The zero-order valence-electron chi connectivity index (χ0n) is 14.8. The van der Waals surface area contributed by atoms with Crippen LogP contribution < -0.4 is 10.0 Å². The predicted molar refractivity (Wildman–Crippen MR) is 102 cm³/mol. The van der Waals surface area contributed by atoms with Crippen LogP contribution in [-0.4, -0.2) is 57.7 Å². The van der Waals surface area contributed by atoms with Crippen molar-refractivity contribution >= 4 is 21.5 Å². The van der Waals surface area contributed by atoms with E-state index in [4.69, 9.17) is 4.74 Å². The Hall–Kier alpha value is -2.16. The standard InChI is InChI=1S/C18H24N4O3S/c1-15-4-2-3-5-17(15)26(23,24)21-16-6-7-18(20-14-16)19-8-9-22-10-12-25-13-11-22/h2-7,14,21H,8-13H2,1H3,(H,19,20). The van der Waals surface area contributed by atoms with Crippen LogP contribution in [0.15, 0.2) is 47.5 Å². The molecule has 0 aliphatic carbocycles. The molecule has 26 heavy (non-hydrogen) atoms. The molecule has 0 amide bonds. The summed E-state index contributed by atoms with van der Waals surface area (Å²) < 4.78 is 32.9. The van der Waals surface area contributed by atoms with Crippen LogP contribution in [0.3, 0.4) is 0 Å². The number of aromatic nitrogens is 1. The average molecular weight is 376 g/mol. The molecule has 7 nitrogen and oxygen atoms in total. The Morgan fingerprint density at radius 3 is 2.62 bits per heavy atom. The van der Waals surface area contributed by atoms with Crippen molar-refractivity contribution in [2.75, 3.05) is 49.4 Å². The highest BCUT2D eigenvalue weighted by Crippen LogP contribution is 2.19. The van der Waals surface area contributed by atoms with Gasteiger partial charge in [0.2, 0.25) is 0 Å². The van der Waals surface area contributed by atoms with Gasteiger partial charge in [-0.3, -0.25) is 9.62 Å². The molecule has 2 aromatic rings. The highest BCUT2D eigenvalue weighted by molar-refractivity contribution is 7.92. The second-order valence-electron chi connectivity index (χ2n) is 6.18. The van der Waals surface area contributed by atoms with E-state index in [2.05, 4.69) is 19.9 Å². The van der Waals surface area contributed by atoms with E-state index in [1.807, 2.05) is 6.07 Å². The normalized spacial score (nSPS) is 15.6. The summed E-state index contributed by atoms with van der Waals surface area (Å²) in [6.07, 6.45) is 1.52. The van der Waals surface area contributed by atoms with Gasteiger partial charge in [-0.1, -0.05) is 18.2 Å². The van der Waals surface area contributed by atoms with Gasteiger partial charge in [-0.05, 0) is 30.7 Å². The highest BCUT2D eigenvalue weighted by Gasteiger charge is 2.16. The summed E-state index contributed by atoms with van der Waals surface area (Å²) >= 11 is 0. The lowest BCUT2D eigenvalue weighted by Gasteiger charge is -2.26. The molecule has 0 spiro atoms. The third-order valence-electron chi connectivity index (χ3n) is 4.24. The van der Waals surface area contributed by atoms with Crippen LogP contribution in [0.4, 0.5) is 11.5 Å². The summed E-state index contributed by atoms with van der Waals surface area (Å²) in [6, 6.07) is 10.4. The molecule has 1 saturated heterocycles. The third-order valence-corrected chi connectivity index (χ3v) is 5.78. The summed E-state index contributed by atoms with van der Waals surface area (Å²) in [7, 11) is -3.62. The first-order chi connectivity index (χ1) is 12.5. The van der Waals surface area contributed by atoms with E-state index < -0.39 is 10.0 Å². The van der Waals surface area contributed by atoms with Crippen LogP contribution in [0.1, 0.15) is 5.56 Å². The second kappa shape index (κ2) is 8.48. The smallest absolute Gasteiger partial charge is 0.262 e. The molecule has 0 unspecified atom stereocenters. The van der Waals surface area contributed by atoms with Crippen LogP contribution in [0, 0.1) is 6.92 Å². The van der Waals surface area contributed by atoms with E-state index in [9.17, 15) is 8.42 Å². The number of hydrogen-bond donors (Lipinski definition) is 2. The molecule has 1 aromatic heterocycles. The van der Waals surface area contributed by atoms with E-state index in [1.165, 1.54) is 6.20 Å². The number of nitrogens with zero attached hydrogens (tertiary/aromatic N) is 2. The number of aryl methyl sites for hydroxylation is 1. The maximum Gasteiger partial charge on any atom is 0.262 e. The van der Waals surface area contributed by atoms with E-state index in [1.54, 1.807) is 37.3 Å². The van der Waals surface area contributed by atoms with Gasteiger partial charge >= 0.3 is 0 Å². The molecule has 0 atom stereocenters. The monoisotopic (exact) mass is 376 g/mol. The molecule has 1 aliphatic rings. The van der Waals surface area contributed by atoms with Crippen LogP contribution in [0.5, 0.6) is 0 Å².